The molecule has 5 heterocycles. The van der Waals surface area contributed by atoms with Crippen LogP contribution in [-0.4, -0.2) is 263 Å². The molecule has 0 unspecified atom stereocenters. The predicted molar refractivity (Wildman–Crippen MR) is 335 cm³/mol. The number of ether oxygens (including phenoxy) is 1. The van der Waals surface area contributed by atoms with Crippen molar-refractivity contribution in [2.24, 2.45) is 40.1 Å². The van der Waals surface area contributed by atoms with E-state index < -0.39 is 0 Å². The van der Waals surface area contributed by atoms with Crippen LogP contribution in [-0.2, 0) is 38.3 Å². The summed E-state index contributed by atoms with van der Waals surface area (Å²) in [5.41, 5.74) is 37.8. The molecule has 478 valence electrons. The lowest BCUT2D eigenvalue weighted by Gasteiger charge is -2.33. The Morgan fingerprint density at radius 1 is 0.367 bits per heavy atom. The summed E-state index contributed by atoms with van der Waals surface area (Å²) in [5.74, 6) is 0.207. The Hall–Kier alpha value is -2.08. The molecule has 79 heavy (non-hydrogen) atoms. The molecule has 5 saturated heterocycles. The highest BCUT2D eigenvalue weighted by atomic mass is 35.5. The number of nitrogens with one attached hydrogen (secondary N) is 1. The number of likely N-dealkylation sites (tertiary alicyclic amines) is 2. The molecule has 0 aromatic carbocycles. The number of halogens is 7. The molecule has 5 aliphatic heterocycles. The van der Waals surface area contributed by atoms with Gasteiger partial charge in [0.15, 0.2) is 0 Å². The van der Waals surface area contributed by atoms with E-state index in [2.05, 4.69) is 29.2 Å². The van der Waals surface area contributed by atoms with Crippen LogP contribution in [0.1, 0.15) is 87.0 Å². The van der Waals surface area contributed by atoms with Crippen LogP contribution in [0.3, 0.4) is 0 Å². The summed E-state index contributed by atoms with van der Waals surface area (Å²) in [6.45, 7) is 25.3. The number of morpholine rings is 1. The van der Waals surface area contributed by atoms with E-state index in [1.807, 2.05) is 19.6 Å². The Morgan fingerprint density at radius 3 is 0.759 bits per heavy atom. The molecule has 0 radical (unpaired) electrons. The maximum atomic E-state index is 11.4. The van der Waals surface area contributed by atoms with Gasteiger partial charge in [0.25, 0.3) is 0 Å². The molecule has 15 N–H and O–H groups in total. The van der Waals surface area contributed by atoms with Gasteiger partial charge in [-0.1, -0.05) is 0 Å². The van der Waals surface area contributed by atoms with Crippen molar-refractivity contribution in [3.05, 3.63) is 0 Å². The van der Waals surface area contributed by atoms with Crippen LogP contribution in [0.15, 0.2) is 0 Å². The summed E-state index contributed by atoms with van der Waals surface area (Å²) in [7, 11) is 9.06. The molecule has 0 bridgehead atoms. The molecule has 0 aromatic rings. The third kappa shape index (κ3) is 45.1. The molecule has 5 aliphatic rings. The minimum absolute atomic E-state index is 0. The number of carbonyl (C=O) groups excluding carboxylic acids is 7. The zero-order valence-electron chi connectivity index (χ0n) is 49.3. The van der Waals surface area contributed by atoms with Crippen molar-refractivity contribution in [1.82, 2.24) is 44.5 Å². The Bertz CT molecular complexity index is 1420. The first-order valence-electron chi connectivity index (χ1n) is 25.7. The van der Waals surface area contributed by atoms with Crippen molar-refractivity contribution in [3.63, 3.8) is 0 Å². The monoisotopic (exact) mass is 1280 g/mol. The van der Waals surface area contributed by atoms with Crippen LogP contribution in [0, 0.1) is 0 Å². The smallest absolute Gasteiger partial charge is 0.239 e. The van der Waals surface area contributed by atoms with E-state index in [9.17, 15) is 33.6 Å². The Morgan fingerprint density at radius 2 is 0.595 bits per heavy atom. The second-order valence-electron chi connectivity index (χ2n) is 19.3. The Labute approximate surface area is 517 Å². The molecule has 0 aromatic heterocycles. The topological polar surface area (TPSA) is 349 Å². The minimum atomic E-state index is -0.384. The lowest BCUT2D eigenvalue weighted by Crippen LogP contribution is -2.51. The molecule has 0 saturated carbocycles. The molecular formula is C48H109Cl7N16O8. The van der Waals surface area contributed by atoms with Gasteiger partial charge in [-0.3, -0.25) is 33.6 Å². The summed E-state index contributed by atoms with van der Waals surface area (Å²) in [4.78, 5) is 92.6. The molecule has 7 amide bonds. The zero-order valence-corrected chi connectivity index (χ0v) is 55.1. The number of nitrogens with two attached hydrogens (primary N) is 7. The lowest BCUT2D eigenvalue weighted by molar-refractivity contribution is -0.136. The van der Waals surface area contributed by atoms with Gasteiger partial charge in [-0.2, -0.15) is 0 Å². The van der Waals surface area contributed by atoms with E-state index in [0.29, 0.717) is 26.3 Å². The number of nitrogens with zero attached hydrogens (tertiary/aromatic N) is 8. The number of hydrogen-bond acceptors (Lipinski definition) is 17. The first-order valence-corrected chi connectivity index (χ1v) is 25.7. The van der Waals surface area contributed by atoms with Crippen molar-refractivity contribution < 1.29 is 38.3 Å². The Balaban J connectivity index is -0.000000103. The number of carbonyl (C=O) groups is 7. The van der Waals surface area contributed by atoms with Crippen LogP contribution >= 0.6 is 86.8 Å². The first kappa shape index (κ1) is 96.1. The molecule has 24 nitrogen and oxygen atoms in total. The zero-order chi connectivity index (χ0) is 55.7. The third-order valence-corrected chi connectivity index (χ3v) is 11.7. The minimum Gasteiger partial charge on any atom is -0.378 e. The number of piperidine rings is 2. The number of likely N-dealkylation sites (N-methyl/N-ethyl adjacent to an activating group) is 4. The molecule has 0 aliphatic carbocycles. The van der Waals surface area contributed by atoms with Gasteiger partial charge in [0.2, 0.25) is 41.4 Å². The average Bonchev–Trinajstić information content (AvgIpc) is 3.36. The van der Waals surface area contributed by atoms with E-state index in [-0.39, 0.29) is 170 Å². The first-order chi connectivity index (χ1) is 33.6. The summed E-state index contributed by atoms with van der Waals surface area (Å²) in [6.07, 6.45) is 7.05. The van der Waals surface area contributed by atoms with Crippen LogP contribution in [0.5, 0.6) is 0 Å². The largest absolute Gasteiger partial charge is 0.378 e. The predicted octanol–water partition coefficient (Wildman–Crippen LogP) is -0.446. The van der Waals surface area contributed by atoms with Gasteiger partial charge < -0.3 is 89.4 Å². The fourth-order valence-electron chi connectivity index (χ4n) is 7.14. The van der Waals surface area contributed by atoms with Crippen molar-refractivity contribution in [2.45, 2.75) is 129 Å². The maximum Gasteiger partial charge on any atom is 0.239 e. The highest BCUT2D eigenvalue weighted by molar-refractivity contribution is 5.87. The van der Waals surface area contributed by atoms with Crippen molar-refractivity contribution in [3.8, 4) is 0 Å². The van der Waals surface area contributed by atoms with Gasteiger partial charge in [0.05, 0.1) is 55.5 Å². The van der Waals surface area contributed by atoms with Gasteiger partial charge in [-0.15, -0.1) is 86.8 Å². The van der Waals surface area contributed by atoms with Crippen LogP contribution in [0.25, 0.3) is 0 Å². The van der Waals surface area contributed by atoms with Crippen LogP contribution in [0.2, 0.25) is 0 Å². The fourth-order valence-corrected chi connectivity index (χ4v) is 7.14. The van der Waals surface area contributed by atoms with Crippen LogP contribution in [0.4, 0.5) is 0 Å². The SMILES string of the molecule is CNC(=O)[C@H](C)N.C[C@@H](N)C(=O)N(C)C.C[C@@H](N)C(=O)N1CCCCC1.C[C@@H](N)C(=O)N1CCCCC1.C[C@@H](N)C(=O)N1CCN(C)CC1.C[C@H](N)C(=O)N1CCN(C)CC1.C[C@H](N)C(=O)N1CCOCC1.Cl.Cl.Cl.Cl.Cl.Cl.Cl. The van der Waals surface area contributed by atoms with Crippen LogP contribution < -0.4 is 45.5 Å². The summed E-state index contributed by atoms with van der Waals surface area (Å²) in [6, 6.07) is -2.49. The molecule has 5 fully saturated rings. The second-order valence-corrected chi connectivity index (χ2v) is 19.3. The second kappa shape index (κ2) is 55.1. The maximum absolute atomic E-state index is 11.4. The number of rotatable bonds is 7. The van der Waals surface area contributed by atoms with Crippen molar-refractivity contribution in [1.29, 1.82) is 0 Å². The van der Waals surface area contributed by atoms with E-state index >= 15 is 0 Å². The molecule has 7 atom stereocenters. The van der Waals surface area contributed by atoms with Crippen molar-refractivity contribution in [2.75, 3.05) is 140 Å². The normalized spacial score (nSPS) is 18.2. The van der Waals surface area contributed by atoms with Crippen molar-refractivity contribution >= 4 is 128 Å². The highest BCUT2D eigenvalue weighted by Crippen LogP contribution is 2.10. The number of piperazine rings is 2. The lowest BCUT2D eigenvalue weighted by atomic mass is 10.1. The van der Waals surface area contributed by atoms with E-state index in [0.717, 1.165) is 104 Å². The van der Waals surface area contributed by atoms with Gasteiger partial charge in [0, 0.05) is 113 Å². The standard InChI is InChI=1S/2C8H17N3O.2C8H16N2O.C7H14N2O2.C5H12N2O.C4H10N2O.7ClH/c2*1-7(9)8(12)11-5-3-10(2)4-6-11;2*1-7(9)8(11)10-5-3-2-4-6-10;1-6(8)7(10)9-2-4-11-5-3-9;1-4(6)5(8)7(2)3;1-3(5)4(7)6-2;;;;;;;/h2*7H,3-6,9H2,1-2H3;2*7H,2-6,9H2,1H3;6H,2-5,8H2,1H3;4H,6H2,1-3H3;3H,5H2,1-2H3,(H,6,7);7*1H/t4*7-;6-;4-;3-;;;;;;;/m1011010......./s1. The number of hydrogen-bond donors (Lipinski definition) is 8. The van der Waals surface area contributed by atoms with E-state index in [4.69, 9.17) is 44.9 Å². The summed E-state index contributed by atoms with van der Waals surface area (Å²) < 4.78 is 5.09. The highest BCUT2D eigenvalue weighted by Gasteiger charge is 2.24. The molecular weight excluding hydrogens is 1180 g/mol. The molecule has 5 rings (SSSR count). The van der Waals surface area contributed by atoms with Gasteiger partial charge >= 0.3 is 0 Å². The third-order valence-electron chi connectivity index (χ3n) is 11.7. The fraction of sp³-hybridized carbons (Fsp3) is 0.854. The van der Waals surface area contributed by atoms with Gasteiger partial charge in [-0.25, -0.2) is 0 Å². The van der Waals surface area contributed by atoms with E-state index in [1.54, 1.807) is 74.5 Å². The Kier molecular flexibility index (Phi) is 67.1. The molecule has 0 spiro atoms. The van der Waals surface area contributed by atoms with Gasteiger partial charge in [-0.05, 0) is 101 Å². The van der Waals surface area contributed by atoms with E-state index in [1.165, 1.54) is 17.7 Å². The summed E-state index contributed by atoms with van der Waals surface area (Å²) >= 11 is 0. The summed E-state index contributed by atoms with van der Waals surface area (Å²) in [5, 5.41) is 2.40. The quantitative estimate of drug-likeness (QED) is 0.160. The average molecular weight is 1290 g/mol. The number of amides is 7. The van der Waals surface area contributed by atoms with Gasteiger partial charge in [0.1, 0.15) is 0 Å². The molecule has 31 heteroatoms.